The van der Waals surface area contributed by atoms with Gasteiger partial charge in [0.05, 0.1) is 0 Å². The first-order valence-corrected chi connectivity index (χ1v) is 8.45. The van der Waals surface area contributed by atoms with Gasteiger partial charge >= 0.3 is 0 Å². The fourth-order valence-electron chi connectivity index (χ4n) is 2.11. The number of halogens is 1. The molecule has 0 aliphatic heterocycles. The van der Waals surface area contributed by atoms with Crippen molar-refractivity contribution >= 4 is 40.1 Å². The van der Waals surface area contributed by atoms with Crippen LogP contribution in [0.15, 0.2) is 48.5 Å². The quantitative estimate of drug-likeness (QED) is 0.722. The summed E-state index contributed by atoms with van der Waals surface area (Å²) in [7, 11) is 0. The van der Waals surface area contributed by atoms with Gasteiger partial charge in [-0.25, -0.2) is 0 Å². The summed E-state index contributed by atoms with van der Waals surface area (Å²) in [5, 5.41) is 5.69. The van der Waals surface area contributed by atoms with Gasteiger partial charge in [-0.15, -0.1) is 0 Å². The van der Waals surface area contributed by atoms with Gasteiger partial charge in [0.25, 0.3) is 5.91 Å². The van der Waals surface area contributed by atoms with Crippen molar-refractivity contribution in [3.8, 4) is 0 Å². The van der Waals surface area contributed by atoms with Crippen LogP contribution in [0, 0.1) is 10.5 Å². The molecule has 5 heteroatoms. The van der Waals surface area contributed by atoms with E-state index < -0.39 is 0 Å². The summed E-state index contributed by atoms with van der Waals surface area (Å²) < 4.78 is 1.10. The Morgan fingerprint density at radius 2 is 1.83 bits per heavy atom. The molecule has 2 rings (SSSR count). The van der Waals surface area contributed by atoms with Gasteiger partial charge in [-0.2, -0.15) is 0 Å². The van der Waals surface area contributed by atoms with Crippen LogP contribution >= 0.6 is 22.6 Å². The topological polar surface area (TPSA) is 58.2 Å². The van der Waals surface area contributed by atoms with E-state index >= 15 is 0 Å². The third-order valence-electron chi connectivity index (χ3n) is 3.36. The number of benzene rings is 2. The number of anilines is 1. The molecule has 2 aromatic carbocycles. The highest BCUT2D eigenvalue weighted by Gasteiger charge is 2.13. The molecule has 0 saturated carbocycles. The van der Waals surface area contributed by atoms with Crippen molar-refractivity contribution < 1.29 is 9.59 Å². The maximum absolute atomic E-state index is 12.1. The lowest BCUT2D eigenvalue weighted by Crippen LogP contribution is -2.35. The van der Waals surface area contributed by atoms with Crippen LogP contribution in [0.3, 0.4) is 0 Å². The normalized spacial score (nSPS) is 11.6. The van der Waals surface area contributed by atoms with E-state index in [4.69, 9.17) is 0 Å². The summed E-state index contributed by atoms with van der Waals surface area (Å²) in [5.74, 6) is -0.290. The minimum Gasteiger partial charge on any atom is -0.349 e. The first-order valence-electron chi connectivity index (χ1n) is 7.37. The number of hydrogen-bond acceptors (Lipinski definition) is 2. The van der Waals surface area contributed by atoms with Gasteiger partial charge in [0.15, 0.2) is 0 Å². The lowest BCUT2D eigenvalue weighted by molar-refractivity contribution is -0.116. The zero-order chi connectivity index (χ0) is 16.8. The minimum absolute atomic E-state index is 0.120. The van der Waals surface area contributed by atoms with E-state index in [9.17, 15) is 9.59 Å². The van der Waals surface area contributed by atoms with Gasteiger partial charge < -0.3 is 10.6 Å². The van der Waals surface area contributed by atoms with Gasteiger partial charge in [-0.05, 0) is 66.3 Å². The lowest BCUT2D eigenvalue weighted by atomic mass is 10.1. The van der Waals surface area contributed by atoms with Crippen LogP contribution in [-0.4, -0.2) is 17.9 Å². The van der Waals surface area contributed by atoms with E-state index in [1.54, 1.807) is 12.1 Å². The van der Waals surface area contributed by atoms with Crippen LogP contribution in [0.1, 0.15) is 29.3 Å². The van der Waals surface area contributed by atoms with Crippen molar-refractivity contribution in [1.82, 2.24) is 5.32 Å². The van der Waals surface area contributed by atoms with Crippen molar-refractivity contribution in [1.29, 1.82) is 0 Å². The summed E-state index contributed by atoms with van der Waals surface area (Å²) in [4.78, 5) is 24.1. The van der Waals surface area contributed by atoms with Crippen LogP contribution in [0.4, 0.5) is 5.69 Å². The average molecular weight is 422 g/mol. The summed E-state index contributed by atoms with van der Waals surface area (Å²) in [6, 6.07) is 14.5. The highest BCUT2D eigenvalue weighted by molar-refractivity contribution is 14.1. The Balaban J connectivity index is 1.87. The summed E-state index contributed by atoms with van der Waals surface area (Å²) >= 11 is 2.24. The van der Waals surface area contributed by atoms with Crippen molar-refractivity contribution in [3.05, 3.63) is 63.2 Å². The molecule has 2 N–H and O–H groups in total. The molecule has 0 aliphatic carbocycles. The highest BCUT2D eigenvalue weighted by Crippen LogP contribution is 2.17. The van der Waals surface area contributed by atoms with Crippen LogP contribution in [0.25, 0.3) is 0 Å². The predicted octanol–water partition coefficient (Wildman–Crippen LogP) is 3.75. The number of carbonyl (C=O) groups is 2. The van der Waals surface area contributed by atoms with Crippen LogP contribution in [-0.2, 0) is 4.79 Å². The Hall–Kier alpha value is -1.89. The molecule has 0 bridgehead atoms. The molecular weight excluding hydrogens is 403 g/mol. The minimum atomic E-state index is -0.243. The SMILES string of the molecule is Cc1ccc(NC(=O)CC(C)NC(=O)c2ccccc2)cc1I. The fraction of sp³-hybridized carbons (Fsp3) is 0.222. The molecule has 0 radical (unpaired) electrons. The molecule has 23 heavy (non-hydrogen) atoms. The number of aryl methyl sites for hydroxylation is 1. The molecule has 120 valence electrons. The van der Waals surface area contributed by atoms with E-state index in [1.165, 1.54) is 5.56 Å². The zero-order valence-corrected chi connectivity index (χ0v) is 15.3. The maximum Gasteiger partial charge on any atom is 0.251 e. The second-order valence-electron chi connectivity index (χ2n) is 5.46. The predicted molar refractivity (Wildman–Crippen MR) is 101 cm³/mol. The average Bonchev–Trinajstić information content (AvgIpc) is 2.51. The number of nitrogens with one attached hydrogen (secondary N) is 2. The molecule has 0 saturated heterocycles. The molecule has 0 heterocycles. The van der Waals surface area contributed by atoms with Gasteiger partial charge in [-0.3, -0.25) is 9.59 Å². The molecule has 0 fully saturated rings. The van der Waals surface area contributed by atoms with Crippen molar-refractivity contribution in [2.75, 3.05) is 5.32 Å². The largest absolute Gasteiger partial charge is 0.349 e. The Morgan fingerprint density at radius 1 is 1.13 bits per heavy atom. The highest BCUT2D eigenvalue weighted by atomic mass is 127. The molecule has 4 nitrogen and oxygen atoms in total. The molecule has 2 amide bonds. The molecule has 0 aromatic heterocycles. The fourth-order valence-corrected chi connectivity index (χ4v) is 2.62. The molecular formula is C18H19IN2O2. The summed E-state index contributed by atoms with van der Waals surface area (Å²) in [6.07, 6.45) is 0.225. The zero-order valence-electron chi connectivity index (χ0n) is 13.1. The second kappa shape index (κ2) is 8.10. The van der Waals surface area contributed by atoms with Gasteiger partial charge in [-0.1, -0.05) is 24.3 Å². The van der Waals surface area contributed by atoms with E-state index in [-0.39, 0.29) is 24.3 Å². The van der Waals surface area contributed by atoms with Gasteiger partial charge in [0.2, 0.25) is 5.91 Å². The molecule has 0 aliphatic rings. The van der Waals surface area contributed by atoms with Gasteiger partial charge in [0, 0.05) is 27.3 Å². The Bertz CT molecular complexity index is 701. The van der Waals surface area contributed by atoms with E-state index in [2.05, 4.69) is 33.2 Å². The molecule has 1 unspecified atom stereocenters. The molecule has 0 spiro atoms. The standard InChI is InChI=1S/C18H19IN2O2/c1-12-8-9-15(11-16(12)19)21-17(22)10-13(2)20-18(23)14-6-4-3-5-7-14/h3-9,11,13H,10H2,1-2H3,(H,20,23)(H,21,22). The summed E-state index contributed by atoms with van der Waals surface area (Å²) in [6.45, 7) is 3.84. The number of rotatable bonds is 5. The van der Waals surface area contributed by atoms with Crippen LogP contribution in [0.5, 0.6) is 0 Å². The first-order chi connectivity index (χ1) is 11.0. The number of hydrogen-bond donors (Lipinski definition) is 2. The van der Waals surface area contributed by atoms with Gasteiger partial charge in [0.1, 0.15) is 0 Å². The Labute approximate surface area is 149 Å². The Morgan fingerprint density at radius 3 is 2.48 bits per heavy atom. The van der Waals surface area contributed by atoms with E-state index in [0.717, 1.165) is 9.26 Å². The third-order valence-corrected chi connectivity index (χ3v) is 4.52. The maximum atomic E-state index is 12.1. The van der Waals surface area contributed by atoms with Crippen LogP contribution < -0.4 is 10.6 Å². The van der Waals surface area contributed by atoms with Crippen LogP contribution in [0.2, 0.25) is 0 Å². The molecule has 1 atom stereocenters. The summed E-state index contributed by atoms with van der Waals surface area (Å²) in [5.41, 5.74) is 2.53. The van der Waals surface area contributed by atoms with Crippen molar-refractivity contribution in [2.24, 2.45) is 0 Å². The number of carbonyl (C=O) groups excluding carboxylic acids is 2. The first kappa shape index (κ1) is 17.5. The monoisotopic (exact) mass is 422 g/mol. The van der Waals surface area contributed by atoms with E-state index in [1.807, 2.05) is 50.2 Å². The molecule has 2 aromatic rings. The second-order valence-corrected chi connectivity index (χ2v) is 6.62. The van der Waals surface area contributed by atoms with E-state index in [0.29, 0.717) is 5.56 Å². The smallest absolute Gasteiger partial charge is 0.251 e. The Kier molecular flexibility index (Phi) is 6.15. The third kappa shape index (κ3) is 5.35. The lowest BCUT2D eigenvalue weighted by Gasteiger charge is -2.14. The van der Waals surface area contributed by atoms with Crippen molar-refractivity contribution in [3.63, 3.8) is 0 Å². The number of amides is 2. The van der Waals surface area contributed by atoms with Crippen molar-refractivity contribution in [2.45, 2.75) is 26.3 Å².